The summed E-state index contributed by atoms with van der Waals surface area (Å²) in [5.74, 6) is -0.585. The number of carbonyl (C=O) groups excluding carboxylic acids is 1. The molecule has 0 aliphatic carbocycles. The topological polar surface area (TPSA) is 46.5 Å². The van der Waals surface area contributed by atoms with E-state index in [1.807, 2.05) is 0 Å². The lowest BCUT2D eigenvalue weighted by Crippen LogP contribution is -2.05. The fraction of sp³-hybridized carbons (Fsp3) is 0.222. The third-order valence-electron chi connectivity index (χ3n) is 1.51. The molecule has 3 nitrogen and oxygen atoms in total. The number of carbonyl (C=O) groups is 1. The average molecular weight is 280 g/mol. The highest BCUT2D eigenvalue weighted by atomic mass is 79.9. The van der Waals surface area contributed by atoms with Crippen LogP contribution >= 0.6 is 27.5 Å². The molecular weight excluding hydrogens is 271 g/mol. The SMILES string of the molecule is CCOC(=O)c1cc(O)cc(Br)c1Cl. The molecule has 0 aliphatic rings. The number of hydrogen-bond donors (Lipinski definition) is 1. The zero-order chi connectivity index (χ0) is 10.7. The Hall–Kier alpha value is -0.740. The Balaban J connectivity index is 3.13. The van der Waals surface area contributed by atoms with Gasteiger partial charge in [0.15, 0.2) is 0 Å². The first-order valence-electron chi connectivity index (χ1n) is 3.91. The van der Waals surface area contributed by atoms with Gasteiger partial charge in [-0.1, -0.05) is 11.6 Å². The average Bonchev–Trinajstić information content (AvgIpc) is 2.11. The molecular formula is C9H8BrClO3. The van der Waals surface area contributed by atoms with Crippen molar-refractivity contribution in [3.63, 3.8) is 0 Å². The van der Waals surface area contributed by atoms with Crippen molar-refractivity contribution >= 4 is 33.5 Å². The first kappa shape index (κ1) is 11.3. The molecule has 0 unspecified atom stereocenters. The summed E-state index contributed by atoms with van der Waals surface area (Å²) in [6.07, 6.45) is 0. The molecule has 0 bridgehead atoms. The van der Waals surface area contributed by atoms with E-state index in [0.29, 0.717) is 4.47 Å². The highest BCUT2D eigenvalue weighted by Crippen LogP contribution is 2.31. The third-order valence-corrected chi connectivity index (χ3v) is 2.77. The summed E-state index contributed by atoms with van der Waals surface area (Å²) in [4.78, 5) is 11.3. The Bertz CT molecular complexity index is 365. The summed E-state index contributed by atoms with van der Waals surface area (Å²) >= 11 is 8.95. The van der Waals surface area contributed by atoms with Crippen LogP contribution in [0.3, 0.4) is 0 Å². The number of phenols is 1. The van der Waals surface area contributed by atoms with Gasteiger partial charge < -0.3 is 9.84 Å². The maximum atomic E-state index is 11.3. The van der Waals surface area contributed by atoms with E-state index in [-0.39, 0.29) is 22.9 Å². The number of aromatic hydroxyl groups is 1. The molecule has 0 radical (unpaired) electrons. The van der Waals surface area contributed by atoms with Crippen LogP contribution < -0.4 is 0 Å². The van der Waals surface area contributed by atoms with Crippen LogP contribution in [-0.4, -0.2) is 17.7 Å². The van der Waals surface area contributed by atoms with Gasteiger partial charge in [0.1, 0.15) is 5.75 Å². The van der Waals surface area contributed by atoms with Crippen molar-refractivity contribution in [3.8, 4) is 5.75 Å². The lowest BCUT2D eigenvalue weighted by molar-refractivity contribution is 0.0526. The molecule has 0 heterocycles. The number of phenolic OH excluding ortho intramolecular Hbond substituents is 1. The van der Waals surface area contributed by atoms with E-state index in [2.05, 4.69) is 15.9 Å². The van der Waals surface area contributed by atoms with E-state index in [1.165, 1.54) is 12.1 Å². The molecule has 14 heavy (non-hydrogen) atoms. The van der Waals surface area contributed by atoms with E-state index >= 15 is 0 Å². The van der Waals surface area contributed by atoms with Crippen LogP contribution in [0, 0.1) is 0 Å². The molecule has 0 aliphatic heterocycles. The van der Waals surface area contributed by atoms with E-state index < -0.39 is 5.97 Å². The monoisotopic (exact) mass is 278 g/mol. The molecule has 0 spiro atoms. The lowest BCUT2D eigenvalue weighted by atomic mass is 10.2. The Labute approximate surface area is 94.8 Å². The minimum Gasteiger partial charge on any atom is -0.508 e. The van der Waals surface area contributed by atoms with Crippen molar-refractivity contribution in [2.75, 3.05) is 6.61 Å². The van der Waals surface area contributed by atoms with E-state index in [0.717, 1.165) is 0 Å². The van der Waals surface area contributed by atoms with Crippen LogP contribution in [0.15, 0.2) is 16.6 Å². The van der Waals surface area contributed by atoms with Crippen molar-refractivity contribution in [1.29, 1.82) is 0 Å². The van der Waals surface area contributed by atoms with Gasteiger partial charge >= 0.3 is 5.97 Å². The van der Waals surface area contributed by atoms with Gasteiger partial charge in [-0.25, -0.2) is 4.79 Å². The molecule has 76 valence electrons. The lowest BCUT2D eigenvalue weighted by Gasteiger charge is -2.06. The number of benzene rings is 1. The number of hydrogen-bond acceptors (Lipinski definition) is 3. The van der Waals surface area contributed by atoms with Gasteiger partial charge in [0.2, 0.25) is 0 Å². The maximum absolute atomic E-state index is 11.3. The highest BCUT2D eigenvalue weighted by Gasteiger charge is 2.15. The second-order valence-electron chi connectivity index (χ2n) is 2.51. The standard InChI is InChI=1S/C9H8BrClO3/c1-2-14-9(13)6-3-5(12)4-7(10)8(6)11/h3-4,12H,2H2,1H3. The Kier molecular flexibility index (Phi) is 3.77. The predicted molar refractivity (Wildman–Crippen MR) is 56.8 cm³/mol. The zero-order valence-corrected chi connectivity index (χ0v) is 9.72. The first-order valence-corrected chi connectivity index (χ1v) is 5.08. The molecule has 0 fully saturated rings. The van der Waals surface area contributed by atoms with E-state index in [9.17, 15) is 9.90 Å². The Morgan fingerprint density at radius 3 is 2.86 bits per heavy atom. The Morgan fingerprint density at radius 2 is 2.29 bits per heavy atom. The quantitative estimate of drug-likeness (QED) is 0.847. The fourth-order valence-corrected chi connectivity index (χ4v) is 1.57. The van der Waals surface area contributed by atoms with Gasteiger partial charge in [-0.15, -0.1) is 0 Å². The third kappa shape index (κ3) is 2.39. The number of rotatable bonds is 2. The van der Waals surface area contributed by atoms with Crippen molar-refractivity contribution in [3.05, 3.63) is 27.2 Å². The molecule has 1 N–H and O–H groups in total. The number of ether oxygens (including phenoxy) is 1. The van der Waals surface area contributed by atoms with Crippen molar-refractivity contribution in [1.82, 2.24) is 0 Å². The second-order valence-corrected chi connectivity index (χ2v) is 3.74. The molecule has 1 aromatic rings. The largest absolute Gasteiger partial charge is 0.508 e. The molecule has 0 saturated carbocycles. The molecule has 0 aromatic heterocycles. The van der Waals surface area contributed by atoms with Crippen LogP contribution in [0.5, 0.6) is 5.75 Å². The minimum atomic E-state index is -0.547. The minimum absolute atomic E-state index is 0.0377. The molecule has 0 atom stereocenters. The number of halogens is 2. The van der Waals surface area contributed by atoms with Crippen LogP contribution in [0.1, 0.15) is 17.3 Å². The molecule has 1 aromatic carbocycles. The van der Waals surface area contributed by atoms with Gasteiger partial charge in [-0.05, 0) is 35.0 Å². The van der Waals surface area contributed by atoms with Gasteiger partial charge in [0.05, 0.1) is 17.2 Å². The molecule has 0 amide bonds. The molecule has 5 heteroatoms. The number of esters is 1. The van der Waals surface area contributed by atoms with Gasteiger partial charge in [-0.2, -0.15) is 0 Å². The molecule has 1 rings (SSSR count). The maximum Gasteiger partial charge on any atom is 0.339 e. The van der Waals surface area contributed by atoms with Crippen LogP contribution in [-0.2, 0) is 4.74 Å². The Morgan fingerprint density at radius 1 is 1.64 bits per heavy atom. The summed E-state index contributed by atoms with van der Waals surface area (Å²) in [6, 6.07) is 2.68. The van der Waals surface area contributed by atoms with E-state index in [4.69, 9.17) is 16.3 Å². The predicted octanol–water partition coefficient (Wildman–Crippen LogP) is 2.98. The van der Waals surface area contributed by atoms with Crippen molar-refractivity contribution in [2.24, 2.45) is 0 Å². The van der Waals surface area contributed by atoms with Crippen molar-refractivity contribution < 1.29 is 14.6 Å². The van der Waals surface area contributed by atoms with Crippen LogP contribution in [0.25, 0.3) is 0 Å². The summed E-state index contributed by atoms with van der Waals surface area (Å²) in [5, 5.41) is 9.48. The summed E-state index contributed by atoms with van der Waals surface area (Å²) in [7, 11) is 0. The second kappa shape index (κ2) is 4.66. The fourth-order valence-electron chi connectivity index (χ4n) is 0.932. The first-order chi connectivity index (χ1) is 6.56. The van der Waals surface area contributed by atoms with Crippen LogP contribution in [0.4, 0.5) is 0 Å². The summed E-state index contributed by atoms with van der Waals surface area (Å²) < 4.78 is 5.22. The summed E-state index contributed by atoms with van der Waals surface area (Å²) in [5.41, 5.74) is 0.153. The summed E-state index contributed by atoms with van der Waals surface area (Å²) in [6.45, 7) is 1.96. The van der Waals surface area contributed by atoms with Gasteiger partial charge in [0.25, 0.3) is 0 Å². The highest BCUT2D eigenvalue weighted by molar-refractivity contribution is 9.10. The molecule has 0 saturated heterocycles. The van der Waals surface area contributed by atoms with Crippen LogP contribution in [0.2, 0.25) is 5.02 Å². The smallest absolute Gasteiger partial charge is 0.339 e. The normalized spacial score (nSPS) is 9.93. The van der Waals surface area contributed by atoms with Gasteiger partial charge in [0, 0.05) is 4.47 Å². The van der Waals surface area contributed by atoms with E-state index in [1.54, 1.807) is 6.92 Å². The zero-order valence-electron chi connectivity index (χ0n) is 7.38. The van der Waals surface area contributed by atoms with Crippen molar-refractivity contribution in [2.45, 2.75) is 6.92 Å². The van der Waals surface area contributed by atoms with Gasteiger partial charge in [-0.3, -0.25) is 0 Å².